The molecule has 2 aromatic carbocycles. The fraction of sp³-hybridized carbons (Fsp3) is 0.250. The Bertz CT molecular complexity index is 1230. The molecule has 162 valence electrons. The SMILES string of the molecule is CC(C)Cn1c(SCC(=O)Nc2ccc(F)c([N+](=O)[O-])c2)nc2ccc(Cl)cc2c1=O. The van der Waals surface area contributed by atoms with E-state index in [2.05, 4.69) is 10.3 Å². The van der Waals surface area contributed by atoms with Crippen LogP contribution in [0.25, 0.3) is 10.9 Å². The smallest absolute Gasteiger partial charge is 0.306 e. The van der Waals surface area contributed by atoms with Gasteiger partial charge in [0, 0.05) is 23.3 Å². The largest absolute Gasteiger partial charge is 0.325 e. The number of anilines is 1. The standard InChI is InChI=1S/C20H18ClFN4O4S/c1-11(2)9-25-19(28)14-7-12(21)3-6-16(14)24-20(25)31-10-18(27)23-13-4-5-15(22)17(8-13)26(29)30/h3-8,11H,9-10H2,1-2H3,(H,23,27). The quantitative estimate of drug-likeness (QED) is 0.239. The summed E-state index contributed by atoms with van der Waals surface area (Å²) in [5.41, 5.74) is -0.421. The molecule has 0 aliphatic carbocycles. The van der Waals surface area contributed by atoms with E-state index in [9.17, 15) is 24.1 Å². The lowest BCUT2D eigenvalue weighted by Crippen LogP contribution is -2.26. The lowest BCUT2D eigenvalue weighted by molar-refractivity contribution is -0.387. The van der Waals surface area contributed by atoms with Gasteiger partial charge >= 0.3 is 5.69 Å². The van der Waals surface area contributed by atoms with Crippen LogP contribution in [0.4, 0.5) is 15.8 Å². The first-order chi connectivity index (χ1) is 14.7. The van der Waals surface area contributed by atoms with Gasteiger partial charge in [-0.05, 0) is 36.2 Å². The number of aromatic nitrogens is 2. The molecule has 0 saturated heterocycles. The maximum Gasteiger partial charge on any atom is 0.306 e. The fourth-order valence-corrected chi connectivity index (χ4v) is 3.85. The zero-order chi connectivity index (χ0) is 22.7. The summed E-state index contributed by atoms with van der Waals surface area (Å²) in [5, 5.41) is 14.5. The van der Waals surface area contributed by atoms with E-state index in [4.69, 9.17) is 11.6 Å². The number of hydrogen-bond donors (Lipinski definition) is 1. The summed E-state index contributed by atoms with van der Waals surface area (Å²) >= 11 is 7.07. The number of carbonyl (C=O) groups excluding carboxylic acids is 1. The second-order valence-electron chi connectivity index (χ2n) is 7.13. The summed E-state index contributed by atoms with van der Waals surface area (Å²) in [6.45, 7) is 4.32. The number of nitro benzene ring substituents is 1. The third kappa shape index (κ3) is 5.39. The topological polar surface area (TPSA) is 107 Å². The van der Waals surface area contributed by atoms with Crippen LogP contribution in [0, 0.1) is 21.8 Å². The van der Waals surface area contributed by atoms with E-state index in [0.29, 0.717) is 27.6 Å². The Balaban J connectivity index is 1.83. The Labute approximate surface area is 185 Å². The maximum absolute atomic E-state index is 13.5. The van der Waals surface area contributed by atoms with Gasteiger partial charge in [0.1, 0.15) is 0 Å². The van der Waals surface area contributed by atoms with Crippen LogP contribution in [-0.2, 0) is 11.3 Å². The highest BCUT2D eigenvalue weighted by Gasteiger charge is 2.17. The number of nitrogens with one attached hydrogen (secondary N) is 1. The lowest BCUT2D eigenvalue weighted by atomic mass is 10.2. The number of nitro groups is 1. The highest BCUT2D eigenvalue weighted by Crippen LogP contribution is 2.23. The van der Waals surface area contributed by atoms with Crippen molar-refractivity contribution in [2.24, 2.45) is 5.92 Å². The highest BCUT2D eigenvalue weighted by molar-refractivity contribution is 7.99. The number of nitrogens with zero attached hydrogens (tertiary/aromatic N) is 3. The van der Waals surface area contributed by atoms with E-state index in [1.165, 1.54) is 10.6 Å². The van der Waals surface area contributed by atoms with Gasteiger partial charge in [0.2, 0.25) is 11.7 Å². The first-order valence-corrected chi connectivity index (χ1v) is 10.6. The predicted molar refractivity (Wildman–Crippen MR) is 118 cm³/mol. The second-order valence-corrected chi connectivity index (χ2v) is 8.50. The molecule has 11 heteroatoms. The molecule has 0 aliphatic rings. The molecule has 1 aromatic heterocycles. The summed E-state index contributed by atoms with van der Waals surface area (Å²) in [6.07, 6.45) is 0. The van der Waals surface area contributed by atoms with E-state index in [1.54, 1.807) is 18.2 Å². The molecule has 8 nitrogen and oxygen atoms in total. The van der Waals surface area contributed by atoms with Crippen molar-refractivity contribution in [2.75, 3.05) is 11.1 Å². The number of thioether (sulfide) groups is 1. The van der Waals surface area contributed by atoms with Crippen LogP contribution in [0.15, 0.2) is 46.3 Å². The van der Waals surface area contributed by atoms with Crippen molar-refractivity contribution in [1.82, 2.24) is 9.55 Å². The number of amides is 1. The number of rotatable bonds is 7. The molecule has 0 bridgehead atoms. The van der Waals surface area contributed by atoms with Crippen LogP contribution in [0.2, 0.25) is 5.02 Å². The van der Waals surface area contributed by atoms with Crippen molar-refractivity contribution in [2.45, 2.75) is 25.5 Å². The van der Waals surface area contributed by atoms with Gasteiger partial charge in [0.25, 0.3) is 5.56 Å². The molecule has 0 radical (unpaired) electrons. The van der Waals surface area contributed by atoms with E-state index < -0.39 is 22.3 Å². The van der Waals surface area contributed by atoms with Crippen LogP contribution >= 0.6 is 23.4 Å². The van der Waals surface area contributed by atoms with Crippen molar-refractivity contribution in [1.29, 1.82) is 0 Å². The van der Waals surface area contributed by atoms with Gasteiger partial charge in [0.15, 0.2) is 5.16 Å². The van der Waals surface area contributed by atoms with Gasteiger partial charge in [-0.1, -0.05) is 37.2 Å². The van der Waals surface area contributed by atoms with Gasteiger partial charge in [0.05, 0.1) is 21.6 Å². The van der Waals surface area contributed by atoms with Crippen LogP contribution in [-0.4, -0.2) is 26.1 Å². The minimum atomic E-state index is -0.990. The zero-order valence-electron chi connectivity index (χ0n) is 16.6. The summed E-state index contributed by atoms with van der Waals surface area (Å²) in [4.78, 5) is 39.8. The number of benzene rings is 2. The highest BCUT2D eigenvalue weighted by atomic mass is 35.5. The molecule has 3 aromatic rings. The molecular formula is C20H18ClFN4O4S. The van der Waals surface area contributed by atoms with Gasteiger partial charge in [-0.3, -0.25) is 24.3 Å². The Morgan fingerprint density at radius 3 is 2.74 bits per heavy atom. The molecule has 1 N–H and O–H groups in total. The predicted octanol–water partition coefficient (Wildman–Crippen LogP) is 4.48. The van der Waals surface area contributed by atoms with Gasteiger partial charge in [-0.2, -0.15) is 4.39 Å². The Morgan fingerprint density at radius 1 is 1.32 bits per heavy atom. The van der Waals surface area contributed by atoms with E-state index in [0.717, 1.165) is 23.9 Å². The number of hydrogen-bond acceptors (Lipinski definition) is 6. The van der Waals surface area contributed by atoms with Crippen molar-refractivity contribution in [3.05, 3.63) is 67.7 Å². The second kappa shape index (κ2) is 9.44. The van der Waals surface area contributed by atoms with Gasteiger partial charge in [-0.15, -0.1) is 0 Å². The molecule has 0 fully saturated rings. The molecule has 0 saturated carbocycles. The van der Waals surface area contributed by atoms with Crippen LogP contribution in [0.1, 0.15) is 13.8 Å². The molecule has 0 unspecified atom stereocenters. The number of halogens is 2. The molecule has 31 heavy (non-hydrogen) atoms. The molecule has 0 atom stereocenters. The van der Waals surface area contributed by atoms with Crippen molar-refractivity contribution < 1.29 is 14.1 Å². The van der Waals surface area contributed by atoms with E-state index in [-0.39, 0.29) is 22.9 Å². The maximum atomic E-state index is 13.5. The van der Waals surface area contributed by atoms with Crippen LogP contribution in [0.5, 0.6) is 0 Å². The summed E-state index contributed by atoms with van der Waals surface area (Å²) in [5.74, 6) is -1.42. The van der Waals surface area contributed by atoms with Crippen molar-refractivity contribution in [3.8, 4) is 0 Å². The van der Waals surface area contributed by atoms with E-state index in [1.807, 2.05) is 13.8 Å². The molecular weight excluding hydrogens is 447 g/mol. The minimum Gasteiger partial charge on any atom is -0.325 e. The number of carbonyl (C=O) groups is 1. The molecule has 0 aliphatic heterocycles. The number of fused-ring (bicyclic) bond motifs is 1. The first kappa shape index (κ1) is 22.7. The summed E-state index contributed by atoms with van der Waals surface area (Å²) < 4.78 is 15.0. The molecule has 1 amide bonds. The zero-order valence-corrected chi connectivity index (χ0v) is 18.2. The van der Waals surface area contributed by atoms with Crippen LogP contribution < -0.4 is 10.9 Å². The average Bonchev–Trinajstić information content (AvgIpc) is 2.70. The third-order valence-corrected chi connectivity index (χ3v) is 5.40. The minimum absolute atomic E-state index is 0.0967. The summed E-state index contributed by atoms with van der Waals surface area (Å²) in [7, 11) is 0. The Hall–Kier alpha value is -2.98. The monoisotopic (exact) mass is 464 g/mol. The van der Waals surface area contributed by atoms with Crippen molar-refractivity contribution in [3.63, 3.8) is 0 Å². The molecule has 3 rings (SSSR count). The normalized spacial score (nSPS) is 11.1. The third-order valence-electron chi connectivity index (χ3n) is 4.19. The Morgan fingerprint density at radius 2 is 2.06 bits per heavy atom. The van der Waals surface area contributed by atoms with E-state index >= 15 is 0 Å². The van der Waals surface area contributed by atoms with Gasteiger partial charge in [-0.25, -0.2) is 4.98 Å². The lowest BCUT2D eigenvalue weighted by Gasteiger charge is -2.15. The van der Waals surface area contributed by atoms with Gasteiger partial charge < -0.3 is 5.32 Å². The average molecular weight is 465 g/mol. The molecule has 1 heterocycles. The molecule has 0 spiro atoms. The summed E-state index contributed by atoms with van der Waals surface area (Å²) in [6, 6.07) is 7.93. The Kier molecular flexibility index (Phi) is 6.91. The fourth-order valence-electron chi connectivity index (χ4n) is 2.87. The van der Waals surface area contributed by atoms with Crippen LogP contribution in [0.3, 0.4) is 0 Å². The van der Waals surface area contributed by atoms with Crippen molar-refractivity contribution >= 4 is 51.5 Å². The first-order valence-electron chi connectivity index (χ1n) is 9.22.